The Bertz CT molecular complexity index is 939. The molecule has 2 heterocycles. The highest BCUT2D eigenvalue weighted by molar-refractivity contribution is 6.22. The largest absolute Gasteiger partial charge is 0.396 e. The minimum atomic E-state index is -0.415. The molecule has 1 N–H and O–H groups in total. The van der Waals surface area contributed by atoms with Crippen molar-refractivity contribution < 1.29 is 19.5 Å². The lowest BCUT2D eigenvalue weighted by molar-refractivity contribution is -0.136. The van der Waals surface area contributed by atoms with Crippen molar-refractivity contribution in [2.24, 2.45) is 5.41 Å². The number of likely N-dealkylation sites (tertiary alicyclic amines) is 1. The minimum absolute atomic E-state index is 0.0264. The van der Waals surface area contributed by atoms with Crippen molar-refractivity contribution in [3.63, 3.8) is 0 Å². The number of benzene rings is 2. The molecule has 2 aromatic carbocycles. The number of carbonyl (C=O) groups excluding carboxylic acids is 3. The first-order chi connectivity index (χ1) is 15.0. The lowest BCUT2D eigenvalue weighted by atomic mass is 9.76. The number of fused-ring (bicyclic) bond motifs is 1. The number of piperidine rings is 1. The molecule has 162 valence electrons. The number of hydrogen-bond donors (Lipinski definition) is 1. The van der Waals surface area contributed by atoms with Crippen LogP contribution < -0.4 is 0 Å². The van der Waals surface area contributed by atoms with E-state index in [2.05, 4.69) is 12.1 Å². The van der Waals surface area contributed by atoms with E-state index in [1.165, 1.54) is 5.56 Å². The van der Waals surface area contributed by atoms with E-state index in [4.69, 9.17) is 0 Å². The van der Waals surface area contributed by atoms with Crippen LogP contribution in [0.2, 0.25) is 0 Å². The number of aliphatic hydroxyl groups is 1. The van der Waals surface area contributed by atoms with Crippen molar-refractivity contribution in [1.29, 1.82) is 0 Å². The molecule has 0 saturated carbocycles. The quantitative estimate of drug-likeness (QED) is 0.699. The Labute approximate surface area is 182 Å². The zero-order valence-electron chi connectivity index (χ0n) is 17.6. The van der Waals surface area contributed by atoms with Crippen LogP contribution in [0.3, 0.4) is 0 Å². The topological polar surface area (TPSA) is 77.9 Å². The first-order valence-corrected chi connectivity index (χ1v) is 10.9. The Hall–Kier alpha value is -2.99. The molecule has 2 aliphatic rings. The summed E-state index contributed by atoms with van der Waals surface area (Å²) in [5.41, 5.74) is 1.64. The summed E-state index contributed by atoms with van der Waals surface area (Å²) in [6.45, 7) is 0.819. The first kappa shape index (κ1) is 21.2. The van der Waals surface area contributed by atoms with Crippen LogP contribution in [-0.2, 0) is 11.2 Å². The predicted molar refractivity (Wildman–Crippen MR) is 117 cm³/mol. The maximum Gasteiger partial charge on any atom is 0.262 e. The third-order valence-corrected chi connectivity index (χ3v) is 6.54. The van der Waals surface area contributed by atoms with Gasteiger partial charge in [-0.1, -0.05) is 42.5 Å². The van der Waals surface area contributed by atoms with Gasteiger partial charge in [-0.25, -0.2) is 0 Å². The molecule has 6 heteroatoms. The highest BCUT2D eigenvalue weighted by Crippen LogP contribution is 2.35. The molecular weight excluding hydrogens is 392 g/mol. The highest BCUT2D eigenvalue weighted by Gasteiger charge is 2.40. The fourth-order valence-electron chi connectivity index (χ4n) is 4.76. The van der Waals surface area contributed by atoms with Gasteiger partial charge >= 0.3 is 0 Å². The first-order valence-electron chi connectivity index (χ1n) is 10.9. The number of aliphatic hydroxyl groups excluding tert-OH is 1. The molecule has 0 radical (unpaired) electrons. The van der Waals surface area contributed by atoms with Gasteiger partial charge in [0.2, 0.25) is 5.91 Å². The number of hydrogen-bond acceptors (Lipinski definition) is 4. The smallest absolute Gasteiger partial charge is 0.262 e. The van der Waals surface area contributed by atoms with Crippen molar-refractivity contribution in [2.45, 2.75) is 32.1 Å². The SMILES string of the molecule is O=C(CN1C(=O)c2ccccc2C1=O)N1CCC[C@](CO)(CCCc2ccccc2)C1. The van der Waals surface area contributed by atoms with Gasteiger partial charge in [-0.2, -0.15) is 0 Å². The summed E-state index contributed by atoms with van der Waals surface area (Å²) >= 11 is 0. The van der Waals surface area contributed by atoms with E-state index in [0.717, 1.165) is 37.0 Å². The van der Waals surface area contributed by atoms with Crippen molar-refractivity contribution in [3.05, 3.63) is 71.3 Å². The van der Waals surface area contributed by atoms with E-state index in [1.807, 2.05) is 18.2 Å². The van der Waals surface area contributed by atoms with Gasteiger partial charge in [0.05, 0.1) is 17.7 Å². The van der Waals surface area contributed by atoms with E-state index < -0.39 is 11.8 Å². The number of nitrogens with zero attached hydrogens (tertiary/aromatic N) is 2. The Kier molecular flexibility index (Phi) is 6.18. The summed E-state index contributed by atoms with van der Waals surface area (Å²) in [5.74, 6) is -1.07. The van der Waals surface area contributed by atoms with E-state index in [9.17, 15) is 19.5 Å². The fourth-order valence-corrected chi connectivity index (χ4v) is 4.76. The Morgan fingerprint density at radius 1 is 0.968 bits per heavy atom. The van der Waals surface area contributed by atoms with Crippen LogP contribution in [0.25, 0.3) is 0 Å². The average Bonchev–Trinajstić information content (AvgIpc) is 3.05. The maximum absolute atomic E-state index is 13.0. The molecule has 31 heavy (non-hydrogen) atoms. The van der Waals surface area contributed by atoms with Crippen molar-refractivity contribution in [2.75, 3.05) is 26.2 Å². The Morgan fingerprint density at radius 2 is 1.61 bits per heavy atom. The lowest BCUT2D eigenvalue weighted by Crippen LogP contribution is -2.51. The predicted octanol–water partition coefficient (Wildman–Crippen LogP) is 2.91. The molecule has 4 rings (SSSR count). The third-order valence-electron chi connectivity index (χ3n) is 6.54. The standard InChI is InChI=1S/C25H28N2O4/c28-18-25(13-6-10-19-8-2-1-3-9-19)14-7-15-26(17-25)22(29)16-27-23(30)20-11-4-5-12-21(20)24(27)31/h1-5,8-9,11-12,28H,6-7,10,13-18H2/t25-/m1/s1. The molecular formula is C25H28N2O4. The van der Waals surface area contributed by atoms with Crippen LogP contribution in [0.4, 0.5) is 0 Å². The summed E-state index contributed by atoms with van der Waals surface area (Å²) in [6, 6.07) is 16.9. The van der Waals surface area contributed by atoms with Gasteiger partial charge in [0, 0.05) is 18.5 Å². The van der Waals surface area contributed by atoms with Crippen molar-refractivity contribution in [3.8, 4) is 0 Å². The van der Waals surface area contributed by atoms with Gasteiger partial charge < -0.3 is 10.0 Å². The molecule has 1 saturated heterocycles. The summed E-state index contributed by atoms with van der Waals surface area (Å²) < 4.78 is 0. The van der Waals surface area contributed by atoms with Crippen molar-refractivity contribution in [1.82, 2.24) is 9.80 Å². The van der Waals surface area contributed by atoms with Crippen LogP contribution in [-0.4, -0.2) is 58.9 Å². The second-order valence-corrected chi connectivity index (χ2v) is 8.66. The maximum atomic E-state index is 13.0. The molecule has 0 unspecified atom stereocenters. The molecule has 1 fully saturated rings. The van der Waals surface area contributed by atoms with Crippen LogP contribution in [0.15, 0.2) is 54.6 Å². The van der Waals surface area contributed by atoms with Gasteiger partial charge in [-0.05, 0) is 49.8 Å². The number of aryl methyl sites for hydroxylation is 1. The molecule has 0 aliphatic carbocycles. The molecule has 3 amide bonds. The fraction of sp³-hybridized carbons (Fsp3) is 0.400. The number of imide groups is 1. The van der Waals surface area contributed by atoms with E-state index in [1.54, 1.807) is 29.2 Å². The summed E-state index contributed by atoms with van der Waals surface area (Å²) in [6.07, 6.45) is 4.38. The monoisotopic (exact) mass is 420 g/mol. The van der Waals surface area contributed by atoms with Gasteiger partial charge in [0.15, 0.2) is 0 Å². The molecule has 0 aromatic heterocycles. The minimum Gasteiger partial charge on any atom is -0.396 e. The molecule has 0 bridgehead atoms. The zero-order chi connectivity index (χ0) is 21.8. The van der Waals surface area contributed by atoms with E-state index in [0.29, 0.717) is 24.2 Å². The second kappa shape index (κ2) is 9.02. The number of amides is 3. The van der Waals surface area contributed by atoms with Crippen LogP contribution in [0.5, 0.6) is 0 Å². The van der Waals surface area contributed by atoms with Gasteiger partial charge in [-0.3, -0.25) is 19.3 Å². The molecule has 2 aromatic rings. The normalized spacial score (nSPS) is 20.8. The third kappa shape index (κ3) is 4.39. The summed E-state index contributed by atoms with van der Waals surface area (Å²) in [4.78, 5) is 40.9. The van der Waals surface area contributed by atoms with Gasteiger partial charge in [-0.15, -0.1) is 0 Å². The molecule has 1 atom stereocenters. The van der Waals surface area contributed by atoms with Crippen LogP contribution in [0.1, 0.15) is 52.0 Å². The molecule has 0 spiro atoms. The summed E-state index contributed by atoms with van der Waals surface area (Å²) in [5, 5.41) is 10.2. The highest BCUT2D eigenvalue weighted by atomic mass is 16.3. The Balaban J connectivity index is 1.37. The van der Waals surface area contributed by atoms with Gasteiger partial charge in [0.1, 0.15) is 6.54 Å². The van der Waals surface area contributed by atoms with Gasteiger partial charge in [0.25, 0.3) is 11.8 Å². The zero-order valence-corrected chi connectivity index (χ0v) is 17.6. The summed E-state index contributed by atoms with van der Waals surface area (Å²) in [7, 11) is 0. The van der Waals surface area contributed by atoms with Crippen molar-refractivity contribution >= 4 is 17.7 Å². The number of carbonyl (C=O) groups is 3. The van der Waals surface area contributed by atoms with E-state index in [-0.39, 0.29) is 24.5 Å². The number of rotatable bonds is 7. The molecule has 6 nitrogen and oxygen atoms in total. The van der Waals surface area contributed by atoms with Crippen LogP contribution >= 0.6 is 0 Å². The van der Waals surface area contributed by atoms with E-state index >= 15 is 0 Å². The second-order valence-electron chi connectivity index (χ2n) is 8.66. The molecule has 2 aliphatic heterocycles. The Morgan fingerprint density at radius 3 is 2.26 bits per heavy atom. The van der Waals surface area contributed by atoms with Crippen LogP contribution in [0, 0.1) is 5.41 Å². The average molecular weight is 421 g/mol. The lowest BCUT2D eigenvalue weighted by Gasteiger charge is -2.42.